The number of aliphatic hydroxyl groups is 2. The molecular weight excluding hydrogens is 562 g/mol. The van der Waals surface area contributed by atoms with Gasteiger partial charge in [-0.25, -0.2) is 0 Å². The first-order valence-electron chi connectivity index (χ1n) is 15.4. The van der Waals surface area contributed by atoms with Gasteiger partial charge in [0.25, 0.3) is 0 Å². The normalized spacial score (nSPS) is 11.8. The highest BCUT2D eigenvalue weighted by atomic mass is 16.6. The van der Waals surface area contributed by atoms with Crippen molar-refractivity contribution in [2.24, 2.45) is 0 Å². The molecule has 0 bridgehead atoms. The van der Waals surface area contributed by atoms with E-state index in [-0.39, 0.29) is 13.2 Å². The SMILES string of the molecule is OCCOCCOCCOCCN(CCOCCOCCOCCO)C(c1ccccc1)(c1ccccc1)c1ccccc1. The number of benzene rings is 3. The minimum absolute atomic E-state index is 0.0103. The average Bonchev–Trinajstić information content (AvgIpc) is 3.08. The molecule has 0 amide bonds. The summed E-state index contributed by atoms with van der Waals surface area (Å²) in [5.41, 5.74) is 2.90. The van der Waals surface area contributed by atoms with E-state index in [1.54, 1.807) is 0 Å². The van der Waals surface area contributed by atoms with Gasteiger partial charge in [0, 0.05) is 13.1 Å². The Morgan fingerprint density at radius 2 is 0.659 bits per heavy atom. The molecule has 0 saturated carbocycles. The van der Waals surface area contributed by atoms with E-state index < -0.39 is 5.54 Å². The van der Waals surface area contributed by atoms with Gasteiger partial charge in [0.1, 0.15) is 0 Å². The summed E-state index contributed by atoms with van der Waals surface area (Å²) in [4.78, 5) is 2.44. The van der Waals surface area contributed by atoms with E-state index in [0.29, 0.717) is 92.4 Å². The van der Waals surface area contributed by atoms with Gasteiger partial charge in [0.05, 0.1) is 98.0 Å². The molecule has 44 heavy (non-hydrogen) atoms. The van der Waals surface area contributed by atoms with Crippen molar-refractivity contribution in [3.05, 3.63) is 108 Å². The fraction of sp³-hybridized carbons (Fsp3) is 0.486. The molecule has 0 aliphatic rings. The highest BCUT2D eigenvalue weighted by Gasteiger charge is 2.41. The molecule has 9 heteroatoms. The molecule has 2 N–H and O–H groups in total. The summed E-state index contributed by atoms with van der Waals surface area (Å²) in [7, 11) is 0. The average molecular weight is 612 g/mol. The summed E-state index contributed by atoms with van der Waals surface area (Å²) in [6.45, 7) is 6.69. The van der Waals surface area contributed by atoms with Crippen LogP contribution in [0.25, 0.3) is 0 Å². The molecule has 0 spiro atoms. The zero-order valence-corrected chi connectivity index (χ0v) is 25.8. The lowest BCUT2D eigenvalue weighted by Crippen LogP contribution is -2.51. The lowest BCUT2D eigenvalue weighted by Gasteiger charge is -2.45. The highest BCUT2D eigenvalue weighted by molar-refractivity contribution is 5.49. The largest absolute Gasteiger partial charge is 0.394 e. The molecule has 0 saturated heterocycles. The van der Waals surface area contributed by atoms with Gasteiger partial charge in [0.15, 0.2) is 0 Å². The predicted octanol–water partition coefficient (Wildman–Crippen LogP) is 3.36. The van der Waals surface area contributed by atoms with Crippen molar-refractivity contribution in [3.8, 4) is 0 Å². The Morgan fingerprint density at radius 1 is 0.386 bits per heavy atom. The molecule has 3 rings (SSSR count). The van der Waals surface area contributed by atoms with Gasteiger partial charge in [-0.05, 0) is 16.7 Å². The van der Waals surface area contributed by atoms with E-state index in [0.717, 1.165) is 16.7 Å². The molecule has 0 atom stereocenters. The molecule has 0 radical (unpaired) electrons. The lowest BCUT2D eigenvalue weighted by molar-refractivity contribution is -0.00944. The number of hydrogen-bond acceptors (Lipinski definition) is 9. The molecule has 3 aromatic rings. The first-order chi connectivity index (χ1) is 21.8. The smallest absolute Gasteiger partial charge is 0.0974 e. The Morgan fingerprint density at radius 3 is 0.955 bits per heavy atom. The fourth-order valence-corrected chi connectivity index (χ4v) is 5.10. The van der Waals surface area contributed by atoms with E-state index in [1.807, 2.05) is 18.2 Å². The summed E-state index contributed by atoms with van der Waals surface area (Å²) in [5, 5.41) is 17.6. The Balaban J connectivity index is 1.73. The predicted molar refractivity (Wildman–Crippen MR) is 170 cm³/mol. The highest BCUT2D eigenvalue weighted by Crippen LogP contribution is 2.42. The van der Waals surface area contributed by atoms with Crippen LogP contribution in [-0.2, 0) is 34.0 Å². The molecular formula is C35H49NO8. The van der Waals surface area contributed by atoms with Gasteiger partial charge in [-0.1, -0.05) is 91.0 Å². The Labute approximate surface area is 262 Å². The maximum absolute atomic E-state index is 8.81. The fourth-order valence-electron chi connectivity index (χ4n) is 5.10. The third-order valence-electron chi connectivity index (χ3n) is 7.02. The Hall–Kier alpha value is -2.70. The second-order valence-electron chi connectivity index (χ2n) is 9.92. The number of rotatable bonds is 26. The Bertz CT molecular complexity index is 953. The molecule has 242 valence electrons. The van der Waals surface area contributed by atoms with Gasteiger partial charge in [-0.15, -0.1) is 0 Å². The van der Waals surface area contributed by atoms with Crippen molar-refractivity contribution in [3.63, 3.8) is 0 Å². The van der Waals surface area contributed by atoms with Crippen LogP contribution >= 0.6 is 0 Å². The van der Waals surface area contributed by atoms with Crippen LogP contribution in [0.5, 0.6) is 0 Å². The lowest BCUT2D eigenvalue weighted by atomic mass is 9.75. The first-order valence-corrected chi connectivity index (χ1v) is 15.4. The van der Waals surface area contributed by atoms with Gasteiger partial charge in [-0.2, -0.15) is 0 Å². The molecule has 0 fully saturated rings. The number of aliphatic hydroxyl groups excluding tert-OH is 2. The van der Waals surface area contributed by atoms with Gasteiger partial charge in [-0.3, -0.25) is 4.90 Å². The van der Waals surface area contributed by atoms with Crippen LogP contribution in [0.1, 0.15) is 16.7 Å². The number of nitrogens with zero attached hydrogens (tertiary/aromatic N) is 1. The second kappa shape index (κ2) is 22.8. The molecule has 0 aliphatic carbocycles. The zero-order valence-electron chi connectivity index (χ0n) is 25.8. The third kappa shape index (κ3) is 12.0. The van der Waals surface area contributed by atoms with E-state index in [1.165, 1.54) is 0 Å². The summed E-state index contributed by atoms with van der Waals surface area (Å²) in [6.07, 6.45) is 0. The summed E-state index contributed by atoms with van der Waals surface area (Å²) in [5.74, 6) is 0. The molecule has 0 unspecified atom stereocenters. The van der Waals surface area contributed by atoms with E-state index in [9.17, 15) is 0 Å². The van der Waals surface area contributed by atoms with Crippen molar-refractivity contribution in [2.45, 2.75) is 5.54 Å². The molecule has 3 aromatic carbocycles. The molecule has 0 aromatic heterocycles. The van der Waals surface area contributed by atoms with Crippen molar-refractivity contribution in [1.82, 2.24) is 4.90 Å². The second-order valence-corrected chi connectivity index (χ2v) is 9.92. The minimum atomic E-state index is -0.586. The summed E-state index contributed by atoms with van der Waals surface area (Å²) < 4.78 is 33.8. The maximum atomic E-state index is 8.81. The maximum Gasteiger partial charge on any atom is 0.0974 e. The Kier molecular flexibility index (Phi) is 18.5. The topological polar surface area (TPSA) is 99.1 Å². The monoisotopic (exact) mass is 611 g/mol. The quantitative estimate of drug-likeness (QED) is 0.105. The minimum Gasteiger partial charge on any atom is -0.394 e. The van der Waals surface area contributed by atoms with Gasteiger partial charge in [0.2, 0.25) is 0 Å². The third-order valence-corrected chi connectivity index (χ3v) is 7.02. The summed E-state index contributed by atoms with van der Waals surface area (Å²) in [6, 6.07) is 31.8. The van der Waals surface area contributed by atoms with Crippen molar-refractivity contribution < 1.29 is 38.6 Å². The van der Waals surface area contributed by atoms with Crippen LogP contribution in [0.3, 0.4) is 0 Å². The van der Waals surface area contributed by atoms with Gasteiger partial charge >= 0.3 is 0 Å². The van der Waals surface area contributed by atoms with E-state index in [4.69, 9.17) is 38.6 Å². The molecule has 0 aliphatic heterocycles. The van der Waals surface area contributed by atoms with E-state index in [2.05, 4.69) is 77.7 Å². The standard InChI is InChI=1S/C35H49NO8/c37-18-22-41-26-30-43-28-24-39-20-16-36(17-21-40-25-29-44-31-27-42-23-19-38)35(32-10-4-1-5-11-32,33-12-6-2-7-13-33)34-14-8-3-9-15-34/h1-15,37-38H,16-31H2. The van der Waals surface area contributed by atoms with Crippen LogP contribution in [-0.4, -0.2) is 121 Å². The van der Waals surface area contributed by atoms with Crippen molar-refractivity contribution >= 4 is 0 Å². The van der Waals surface area contributed by atoms with Crippen molar-refractivity contribution in [1.29, 1.82) is 0 Å². The number of hydrogen-bond donors (Lipinski definition) is 2. The molecule has 0 heterocycles. The number of ether oxygens (including phenoxy) is 6. The van der Waals surface area contributed by atoms with Crippen LogP contribution in [0, 0.1) is 0 Å². The van der Waals surface area contributed by atoms with Crippen LogP contribution in [0.4, 0.5) is 0 Å². The zero-order chi connectivity index (χ0) is 31.0. The summed E-state index contributed by atoms with van der Waals surface area (Å²) >= 11 is 0. The van der Waals surface area contributed by atoms with Crippen LogP contribution in [0.15, 0.2) is 91.0 Å². The first kappa shape index (κ1) is 35.8. The van der Waals surface area contributed by atoms with Gasteiger partial charge < -0.3 is 38.6 Å². The van der Waals surface area contributed by atoms with E-state index >= 15 is 0 Å². The van der Waals surface area contributed by atoms with Crippen LogP contribution < -0.4 is 0 Å². The molecule has 9 nitrogen and oxygen atoms in total. The van der Waals surface area contributed by atoms with Crippen LogP contribution in [0.2, 0.25) is 0 Å². The van der Waals surface area contributed by atoms with Crippen molar-refractivity contribution in [2.75, 3.05) is 106 Å².